The zero-order valence-corrected chi connectivity index (χ0v) is 15.9. The molecule has 2 rings (SSSR count). The quantitative estimate of drug-likeness (QED) is 0.676. The van der Waals surface area contributed by atoms with Crippen molar-refractivity contribution in [2.45, 2.75) is 24.3 Å². The van der Waals surface area contributed by atoms with Crippen LogP contribution in [0.2, 0.25) is 0 Å². The van der Waals surface area contributed by atoms with Crippen LogP contribution in [-0.2, 0) is 16.4 Å². The van der Waals surface area contributed by atoms with Crippen LogP contribution in [0, 0.1) is 0 Å². The van der Waals surface area contributed by atoms with Gasteiger partial charge in [0, 0.05) is 20.7 Å². The standard InChI is InChI=1S/C13H14Br2N2O2S2/c1-8(4-9-2-3-20-7-9)17-21(18,19)13-11(14)5-10(16)6-12(13)15/h2-3,5-8,17H,4,16H2,1H3. The van der Waals surface area contributed by atoms with Crippen LogP contribution in [0.3, 0.4) is 0 Å². The second-order valence-electron chi connectivity index (χ2n) is 4.67. The summed E-state index contributed by atoms with van der Waals surface area (Å²) in [4.78, 5) is 0.161. The second kappa shape index (κ2) is 6.78. The first-order valence-electron chi connectivity index (χ1n) is 6.07. The molecule has 21 heavy (non-hydrogen) atoms. The van der Waals surface area contributed by atoms with Crippen LogP contribution in [0.1, 0.15) is 12.5 Å². The number of nitrogen functional groups attached to an aromatic ring is 1. The van der Waals surface area contributed by atoms with Crippen molar-refractivity contribution < 1.29 is 8.42 Å². The van der Waals surface area contributed by atoms with E-state index >= 15 is 0 Å². The molecule has 3 N–H and O–H groups in total. The average Bonchev–Trinajstić information content (AvgIpc) is 2.78. The van der Waals surface area contributed by atoms with E-state index in [1.54, 1.807) is 23.5 Å². The van der Waals surface area contributed by atoms with Crippen molar-refractivity contribution in [2.75, 3.05) is 5.73 Å². The Bertz CT molecular complexity index is 708. The van der Waals surface area contributed by atoms with E-state index in [1.165, 1.54) is 0 Å². The molecular formula is C13H14Br2N2O2S2. The van der Waals surface area contributed by atoms with Crippen LogP contribution in [0.4, 0.5) is 5.69 Å². The number of halogens is 2. The van der Waals surface area contributed by atoms with Gasteiger partial charge in [0.25, 0.3) is 0 Å². The zero-order valence-electron chi connectivity index (χ0n) is 11.1. The summed E-state index contributed by atoms with van der Waals surface area (Å²) in [6.07, 6.45) is 0.646. The van der Waals surface area contributed by atoms with Crippen molar-refractivity contribution in [1.29, 1.82) is 0 Å². The number of hydrogen-bond donors (Lipinski definition) is 2. The molecule has 114 valence electrons. The van der Waals surface area contributed by atoms with Crippen molar-refractivity contribution in [3.8, 4) is 0 Å². The van der Waals surface area contributed by atoms with E-state index < -0.39 is 10.0 Å². The first kappa shape index (κ1) is 17.0. The lowest BCUT2D eigenvalue weighted by Gasteiger charge is -2.16. The monoisotopic (exact) mass is 452 g/mol. The first-order valence-corrected chi connectivity index (χ1v) is 10.1. The molecule has 1 aromatic carbocycles. The van der Waals surface area contributed by atoms with Crippen molar-refractivity contribution in [2.24, 2.45) is 0 Å². The number of hydrogen-bond acceptors (Lipinski definition) is 4. The fourth-order valence-corrected chi connectivity index (χ4v) is 6.51. The predicted octanol–water partition coefficient (Wildman–Crippen LogP) is 3.76. The molecule has 0 aliphatic rings. The maximum atomic E-state index is 12.5. The fourth-order valence-electron chi connectivity index (χ4n) is 1.96. The summed E-state index contributed by atoms with van der Waals surface area (Å²) in [6, 6.07) is 4.93. The lowest BCUT2D eigenvalue weighted by atomic mass is 10.1. The fraction of sp³-hybridized carbons (Fsp3) is 0.231. The van der Waals surface area contributed by atoms with E-state index in [2.05, 4.69) is 36.6 Å². The first-order chi connectivity index (χ1) is 9.79. The van der Waals surface area contributed by atoms with Gasteiger partial charge < -0.3 is 5.73 Å². The summed E-state index contributed by atoms with van der Waals surface area (Å²) in [5.41, 5.74) is 7.29. The minimum absolute atomic E-state index is 0.161. The Balaban J connectivity index is 2.22. The average molecular weight is 454 g/mol. The van der Waals surface area contributed by atoms with Gasteiger partial charge >= 0.3 is 0 Å². The number of sulfonamides is 1. The van der Waals surface area contributed by atoms with Gasteiger partial charge in [0.1, 0.15) is 4.90 Å². The number of thiophene rings is 1. The Kier molecular flexibility index (Phi) is 5.48. The molecule has 0 fully saturated rings. The molecule has 0 aliphatic carbocycles. The molecule has 0 aliphatic heterocycles. The van der Waals surface area contributed by atoms with Crippen LogP contribution >= 0.6 is 43.2 Å². The van der Waals surface area contributed by atoms with Gasteiger partial charge in [0.15, 0.2) is 0 Å². The number of nitrogens with one attached hydrogen (secondary N) is 1. The largest absolute Gasteiger partial charge is 0.399 e. The Hall–Kier alpha value is -0.410. The van der Waals surface area contributed by atoms with E-state index in [0.717, 1.165) is 5.56 Å². The smallest absolute Gasteiger partial charge is 0.243 e. The second-order valence-corrected chi connectivity index (χ2v) is 8.81. The number of rotatable bonds is 5. The van der Waals surface area contributed by atoms with Gasteiger partial charge in [-0.1, -0.05) is 0 Å². The van der Waals surface area contributed by atoms with E-state index in [4.69, 9.17) is 5.73 Å². The van der Waals surface area contributed by atoms with Crippen molar-refractivity contribution >= 4 is 58.9 Å². The molecule has 0 radical (unpaired) electrons. The minimum atomic E-state index is -3.64. The number of nitrogens with two attached hydrogens (primary N) is 1. The van der Waals surface area contributed by atoms with Crippen molar-refractivity contribution in [3.63, 3.8) is 0 Å². The summed E-state index contributed by atoms with van der Waals surface area (Å²) in [6.45, 7) is 1.84. The summed E-state index contributed by atoms with van der Waals surface area (Å²) in [5, 5.41) is 3.99. The lowest BCUT2D eigenvalue weighted by molar-refractivity contribution is 0.559. The topological polar surface area (TPSA) is 72.2 Å². The van der Waals surface area contributed by atoms with Gasteiger partial charge in [-0.25, -0.2) is 13.1 Å². The number of benzene rings is 1. The molecule has 0 amide bonds. The van der Waals surface area contributed by atoms with E-state index in [1.807, 2.05) is 23.8 Å². The molecule has 0 spiro atoms. The van der Waals surface area contributed by atoms with E-state index in [-0.39, 0.29) is 10.9 Å². The zero-order chi connectivity index (χ0) is 15.6. The van der Waals surface area contributed by atoms with Gasteiger partial charge in [0.05, 0.1) is 0 Å². The Morgan fingerprint density at radius 3 is 2.48 bits per heavy atom. The molecule has 2 aromatic rings. The Morgan fingerprint density at radius 2 is 1.95 bits per heavy atom. The lowest BCUT2D eigenvalue weighted by Crippen LogP contribution is -2.34. The SMILES string of the molecule is CC(Cc1ccsc1)NS(=O)(=O)c1c(Br)cc(N)cc1Br. The van der Waals surface area contributed by atoms with Crippen LogP contribution in [0.5, 0.6) is 0 Å². The third kappa shape index (κ3) is 4.29. The van der Waals surface area contributed by atoms with Gasteiger partial charge in [-0.3, -0.25) is 0 Å². The minimum Gasteiger partial charge on any atom is -0.399 e. The van der Waals surface area contributed by atoms with Crippen molar-refractivity contribution in [3.05, 3.63) is 43.5 Å². The summed E-state index contributed by atoms with van der Waals surface area (Å²) < 4.78 is 28.6. The number of anilines is 1. The van der Waals surface area contributed by atoms with Crippen LogP contribution in [0.25, 0.3) is 0 Å². The van der Waals surface area contributed by atoms with Gasteiger partial charge in [-0.2, -0.15) is 11.3 Å². The van der Waals surface area contributed by atoms with Gasteiger partial charge in [0.2, 0.25) is 10.0 Å². The maximum Gasteiger partial charge on any atom is 0.243 e. The molecular weight excluding hydrogens is 440 g/mol. The molecule has 1 heterocycles. The summed E-state index contributed by atoms with van der Waals surface area (Å²) in [5.74, 6) is 0. The molecule has 0 saturated heterocycles. The van der Waals surface area contributed by atoms with Crippen molar-refractivity contribution in [1.82, 2.24) is 4.72 Å². The highest BCUT2D eigenvalue weighted by Gasteiger charge is 2.23. The molecule has 0 saturated carbocycles. The summed E-state index contributed by atoms with van der Waals surface area (Å²) >= 11 is 8.11. The van der Waals surface area contributed by atoms with Gasteiger partial charge in [-0.15, -0.1) is 0 Å². The highest BCUT2D eigenvalue weighted by molar-refractivity contribution is 9.11. The Labute approximate surface area is 145 Å². The molecule has 1 atom stereocenters. The predicted molar refractivity (Wildman–Crippen MR) is 94.1 cm³/mol. The van der Waals surface area contributed by atoms with Crippen LogP contribution in [0.15, 0.2) is 42.8 Å². The Morgan fingerprint density at radius 1 is 1.33 bits per heavy atom. The van der Waals surface area contributed by atoms with E-state index in [9.17, 15) is 8.42 Å². The normalized spacial score (nSPS) is 13.3. The van der Waals surface area contributed by atoms with Crippen LogP contribution in [-0.4, -0.2) is 14.5 Å². The van der Waals surface area contributed by atoms with Crippen LogP contribution < -0.4 is 10.5 Å². The van der Waals surface area contributed by atoms with Gasteiger partial charge in [-0.05, 0) is 79.7 Å². The third-order valence-electron chi connectivity index (χ3n) is 2.77. The third-order valence-corrected chi connectivity index (χ3v) is 6.97. The molecule has 0 bridgehead atoms. The highest BCUT2D eigenvalue weighted by Crippen LogP contribution is 2.32. The molecule has 4 nitrogen and oxygen atoms in total. The van der Waals surface area contributed by atoms with E-state index in [0.29, 0.717) is 21.1 Å². The molecule has 8 heteroatoms. The maximum absolute atomic E-state index is 12.5. The highest BCUT2D eigenvalue weighted by atomic mass is 79.9. The summed E-state index contributed by atoms with van der Waals surface area (Å²) in [7, 11) is -3.64. The molecule has 1 unspecified atom stereocenters. The molecule has 1 aromatic heterocycles.